The molecule has 2 bridgehead atoms. The van der Waals surface area contributed by atoms with Crippen LogP contribution in [-0.2, 0) is 42.9 Å². The molecule has 9 heteroatoms. The average molecular weight is 535 g/mol. The monoisotopic (exact) mass is 534 g/mol. The standard InChI is InChI=1S/C29H42O9/c1-15-21(35-17(3)31)12-19-24(36-18(4)32)25-28(9,13-20(33)23(15)26(19,5)6)11-10-22-29(25,14-34-16(2)30)38-27(7,8)37-22/h19,21-22,24-25H,10-14H2,1-9H3/t19-,21-,22-,24+,25-,28-,29-/m0/s1. The summed E-state index contributed by atoms with van der Waals surface area (Å²) >= 11 is 0. The van der Waals surface area contributed by atoms with Gasteiger partial charge in [-0.25, -0.2) is 0 Å². The SMILES string of the molecule is CC(=O)OC[C@]12OC(C)(C)O[C@H]1CC[C@@]1(C)CC(=O)C3=C(C)[C@@H](OC(C)=O)C[C@@H]([C@@H](OC(C)=O)[C@@H]12)C3(C)C. The molecule has 38 heavy (non-hydrogen) atoms. The largest absolute Gasteiger partial charge is 0.463 e. The molecule has 212 valence electrons. The summed E-state index contributed by atoms with van der Waals surface area (Å²) in [6.07, 6.45) is 0.0161. The van der Waals surface area contributed by atoms with Crippen molar-refractivity contribution >= 4 is 23.7 Å². The number of ketones is 1. The van der Waals surface area contributed by atoms with Gasteiger partial charge in [-0.3, -0.25) is 19.2 Å². The number of esters is 3. The first-order chi connectivity index (χ1) is 17.4. The topological polar surface area (TPSA) is 114 Å². The smallest absolute Gasteiger partial charge is 0.303 e. The zero-order chi connectivity index (χ0) is 28.4. The number of hydrogen-bond donors (Lipinski definition) is 0. The van der Waals surface area contributed by atoms with Gasteiger partial charge in [0.2, 0.25) is 0 Å². The highest BCUT2D eigenvalue weighted by molar-refractivity contribution is 5.98. The molecule has 0 unspecified atom stereocenters. The van der Waals surface area contributed by atoms with Crippen LogP contribution in [0, 0.1) is 22.7 Å². The normalized spacial score (nSPS) is 39.3. The predicted octanol–water partition coefficient (Wildman–Crippen LogP) is 4.05. The quantitative estimate of drug-likeness (QED) is 0.389. The van der Waals surface area contributed by atoms with E-state index in [0.29, 0.717) is 24.8 Å². The number of allylic oxidation sites excluding steroid dienone is 1. The van der Waals surface area contributed by atoms with E-state index < -0.39 is 64.4 Å². The van der Waals surface area contributed by atoms with Crippen LogP contribution < -0.4 is 0 Å². The number of fused-ring (bicyclic) bond motifs is 5. The van der Waals surface area contributed by atoms with Gasteiger partial charge in [-0.1, -0.05) is 20.8 Å². The Bertz CT molecular complexity index is 1070. The highest BCUT2D eigenvalue weighted by atomic mass is 16.8. The van der Waals surface area contributed by atoms with E-state index in [-0.39, 0.29) is 24.7 Å². The summed E-state index contributed by atoms with van der Waals surface area (Å²) in [7, 11) is 0. The Morgan fingerprint density at radius 1 is 0.974 bits per heavy atom. The third kappa shape index (κ3) is 4.70. The fraction of sp³-hybridized carbons (Fsp3) is 0.793. The number of Topliss-reactive ketones (excluding diaryl/α,β-unsaturated/α-hetero) is 1. The van der Waals surface area contributed by atoms with Gasteiger partial charge in [0.1, 0.15) is 24.4 Å². The van der Waals surface area contributed by atoms with E-state index in [0.717, 1.165) is 5.57 Å². The fourth-order valence-corrected chi connectivity index (χ4v) is 8.11. The molecule has 0 radical (unpaired) electrons. The minimum Gasteiger partial charge on any atom is -0.463 e. The van der Waals surface area contributed by atoms with Crippen LogP contribution in [0.3, 0.4) is 0 Å². The van der Waals surface area contributed by atoms with Gasteiger partial charge in [0.15, 0.2) is 11.6 Å². The molecule has 2 saturated carbocycles. The van der Waals surface area contributed by atoms with E-state index >= 15 is 0 Å². The number of ether oxygens (including phenoxy) is 5. The van der Waals surface area contributed by atoms with Crippen molar-refractivity contribution in [3.05, 3.63) is 11.1 Å². The summed E-state index contributed by atoms with van der Waals surface area (Å²) in [5, 5.41) is 0. The summed E-state index contributed by atoms with van der Waals surface area (Å²) in [5.41, 5.74) is -1.10. The molecule has 1 heterocycles. The second kappa shape index (κ2) is 9.44. The molecule has 3 aliphatic carbocycles. The maximum absolute atomic E-state index is 14.2. The van der Waals surface area contributed by atoms with Crippen LogP contribution in [0.1, 0.15) is 88.0 Å². The lowest BCUT2D eigenvalue weighted by Crippen LogP contribution is -2.67. The average Bonchev–Trinajstić information content (AvgIpc) is 3.02. The van der Waals surface area contributed by atoms with Crippen molar-refractivity contribution in [1.29, 1.82) is 0 Å². The van der Waals surface area contributed by atoms with Crippen LogP contribution in [0.2, 0.25) is 0 Å². The van der Waals surface area contributed by atoms with Gasteiger partial charge in [-0.05, 0) is 56.4 Å². The van der Waals surface area contributed by atoms with Gasteiger partial charge in [-0.15, -0.1) is 0 Å². The summed E-state index contributed by atoms with van der Waals surface area (Å²) in [4.78, 5) is 50.9. The molecule has 0 aromatic rings. The fourth-order valence-electron chi connectivity index (χ4n) is 8.11. The summed E-state index contributed by atoms with van der Waals surface area (Å²) < 4.78 is 30.6. The molecule has 4 aliphatic rings. The van der Waals surface area contributed by atoms with Gasteiger partial charge in [0.05, 0.1) is 6.10 Å². The lowest BCUT2D eigenvalue weighted by Gasteiger charge is -2.60. The Hall–Kier alpha value is -2.26. The van der Waals surface area contributed by atoms with Crippen LogP contribution in [0.4, 0.5) is 0 Å². The number of hydrogen-bond acceptors (Lipinski definition) is 9. The Morgan fingerprint density at radius 2 is 1.61 bits per heavy atom. The van der Waals surface area contributed by atoms with Crippen LogP contribution >= 0.6 is 0 Å². The molecule has 1 aliphatic heterocycles. The molecule has 0 spiro atoms. The van der Waals surface area contributed by atoms with Crippen molar-refractivity contribution < 1.29 is 42.9 Å². The van der Waals surface area contributed by atoms with E-state index in [1.54, 1.807) is 0 Å². The van der Waals surface area contributed by atoms with Gasteiger partial charge in [0.25, 0.3) is 0 Å². The lowest BCUT2D eigenvalue weighted by molar-refractivity contribution is -0.238. The van der Waals surface area contributed by atoms with E-state index in [2.05, 4.69) is 0 Å². The van der Waals surface area contributed by atoms with Crippen LogP contribution in [0.5, 0.6) is 0 Å². The van der Waals surface area contributed by atoms with Crippen molar-refractivity contribution in [3.8, 4) is 0 Å². The summed E-state index contributed by atoms with van der Waals surface area (Å²) in [5.74, 6) is -3.27. The first-order valence-electron chi connectivity index (χ1n) is 13.5. The minimum absolute atomic E-state index is 0.0117. The predicted molar refractivity (Wildman–Crippen MR) is 136 cm³/mol. The van der Waals surface area contributed by atoms with E-state index in [1.165, 1.54) is 20.8 Å². The molecule has 1 saturated heterocycles. The van der Waals surface area contributed by atoms with E-state index in [1.807, 2.05) is 41.5 Å². The lowest BCUT2D eigenvalue weighted by atomic mass is 9.48. The summed E-state index contributed by atoms with van der Waals surface area (Å²) in [6.45, 7) is 15.5. The van der Waals surface area contributed by atoms with Crippen molar-refractivity contribution in [2.45, 2.75) is 118 Å². The Balaban J connectivity index is 1.97. The number of rotatable bonds is 4. The van der Waals surface area contributed by atoms with Gasteiger partial charge < -0.3 is 23.7 Å². The molecule has 0 aromatic carbocycles. The van der Waals surface area contributed by atoms with E-state index in [9.17, 15) is 19.2 Å². The highest BCUT2D eigenvalue weighted by Crippen LogP contribution is 2.63. The zero-order valence-corrected chi connectivity index (χ0v) is 24.1. The van der Waals surface area contributed by atoms with Crippen molar-refractivity contribution in [2.75, 3.05) is 6.61 Å². The van der Waals surface area contributed by atoms with Crippen molar-refractivity contribution in [3.63, 3.8) is 0 Å². The first kappa shape index (κ1) is 28.7. The van der Waals surface area contributed by atoms with Gasteiger partial charge in [-0.2, -0.15) is 0 Å². The van der Waals surface area contributed by atoms with Crippen molar-refractivity contribution in [1.82, 2.24) is 0 Å². The number of carbonyl (C=O) groups is 4. The number of carbonyl (C=O) groups excluding carboxylic acids is 4. The summed E-state index contributed by atoms with van der Waals surface area (Å²) in [6, 6.07) is 0. The second-order valence-electron chi connectivity index (χ2n) is 12.9. The molecule has 4 rings (SSSR count). The van der Waals surface area contributed by atoms with E-state index in [4.69, 9.17) is 23.7 Å². The van der Waals surface area contributed by atoms with Crippen LogP contribution in [0.15, 0.2) is 11.1 Å². The molecule has 9 nitrogen and oxygen atoms in total. The Morgan fingerprint density at radius 3 is 2.18 bits per heavy atom. The molecule has 7 atom stereocenters. The molecule has 0 aromatic heterocycles. The van der Waals surface area contributed by atoms with Crippen LogP contribution in [0.25, 0.3) is 0 Å². The first-order valence-corrected chi connectivity index (χ1v) is 13.5. The van der Waals surface area contributed by atoms with Gasteiger partial charge >= 0.3 is 17.9 Å². The molecule has 0 N–H and O–H groups in total. The van der Waals surface area contributed by atoms with Gasteiger partial charge in [0, 0.05) is 44.6 Å². The maximum Gasteiger partial charge on any atom is 0.303 e. The van der Waals surface area contributed by atoms with Crippen LogP contribution in [-0.4, -0.2) is 60.0 Å². The highest BCUT2D eigenvalue weighted by Gasteiger charge is 2.70. The molecule has 0 amide bonds. The Labute approximate surface area is 224 Å². The molecule has 3 fully saturated rings. The zero-order valence-electron chi connectivity index (χ0n) is 24.1. The molecular weight excluding hydrogens is 492 g/mol. The minimum atomic E-state index is -1.15. The Kier molecular flexibility index (Phi) is 7.14. The third-order valence-electron chi connectivity index (χ3n) is 9.26. The maximum atomic E-state index is 14.2. The van der Waals surface area contributed by atoms with Crippen molar-refractivity contribution in [2.24, 2.45) is 22.7 Å². The second-order valence-corrected chi connectivity index (χ2v) is 12.9. The third-order valence-corrected chi connectivity index (χ3v) is 9.26. The molecular formula is C29H42O9.